The molecule has 24 heavy (non-hydrogen) atoms. The predicted octanol–water partition coefficient (Wildman–Crippen LogP) is 1.89. The van der Waals surface area contributed by atoms with Crippen LogP contribution in [0, 0.1) is 12.8 Å². The lowest BCUT2D eigenvalue weighted by atomic mass is 9.97. The number of piperidine rings is 1. The smallest absolute Gasteiger partial charge is 0.237 e. The van der Waals surface area contributed by atoms with Gasteiger partial charge in [-0.05, 0) is 63.2 Å². The number of hydrogen-bond donors (Lipinski definition) is 2. The van der Waals surface area contributed by atoms with Gasteiger partial charge in [0.1, 0.15) is 0 Å². The Morgan fingerprint density at radius 2 is 2.25 bits per heavy atom. The van der Waals surface area contributed by atoms with E-state index in [-0.39, 0.29) is 24.4 Å². The van der Waals surface area contributed by atoms with E-state index in [0.717, 1.165) is 51.3 Å². The fraction of sp³-hybridized carbons (Fsp3) is 0.667. The van der Waals surface area contributed by atoms with Crippen LogP contribution in [0.15, 0.2) is 18.3 Å². The average Bonchev–Trinajstić information content (AvgIpc) is 3.10. The summed E-state index contributed by atoms with van der Waals surface area (Å²) in [4.78, 5) is 19.1. The fourth-order valence-corrected chi connectivity index (χ4v) is 3.56. The zero-order valence-corrected chi connectivity index (χ0v) is 15.3. The lowest BCUT2D eigenvalue weighted by Crippen LogP contribution is -2.45. The molecule has 2 aliphatic rings. The molecule has 2 unspecified atom stereocenters. The third-order valence-electron chi connectivity index (χ3n) is 4.90. The number of aryl methyl sites for hydroxylation is 1. The molecule has 1 amide bonds. The van der Waals surface area contributed by atoms with Gasteiger partial charge in [0.2, 0.25) is 5.91 Å². The number of nitrogens with zero attached hydrogens (tertiary/aromatic N) is 2. The molecule has 1 aromatic heterocycles. The molecule has 0 radical (unpaired) electrons. The first-order valence-electron chi connectivity index (χ1n) is 8.85. The number of aromatic nitrogens is 1. The van der Waals surface area contributed by atoms with Crippen molar-refractivity contribution in [3.63, 3.8) is 0 Å². The summed E-state index contributed by atoms with van der Waals surface area (Å²) in [6.07, 6.45) is 6.43. The highest BCUT2D eigenvalue weighted by atomic mass is 35.5. The molecule has 0 bridgehead atoms. The second kappa shape index (κ2) is 9.35. The number of halogens is 1. The maximum absolute atomic E-state index is 12.1. The average molecular weight is 353 g/mol. The van der Waals surface area contributed by atoms with Gasteiger partial charge in [-0.2, -0.15) is 0 Å². The van der Waals surface area contributed by atoms with E-state index in [1.54, 1.807) is 0 Å². The molecule has 1 aromatic rings. The number of nitrogens with one attached hydrogen (secondary N) is 2. The molecule has 134 valence electrons. The summed E-state index contributed by atoms with van der Waals surface area (Å²) in [5.74, 6) is 0.736. The standard InChI is InChI=1S/C18H28N4O.ClH/c1-14-6-7-16(20-10-14)13-22-9-3-4-15(12-22)11-21-18(23)17-5-2-8-19-17;/h6-7,10,15,17,19H,2-5,8-9,11-13H2,1H3,(H,21,23);1H. The van der Waals surface area contributed by atoms with Crippen LogP contribution in [0.25, 0.3) is 0 Å². The van der Waals surface area contributed by atoms with E-state index in [2.05, 4.69) is 39.6 Å². The molecule has 3 heterocycles. The summed E-state index contributed by atoms with van der Waals surface area (Å²) in [6.45, 7) is 6.93. The highest BCUT2D eigenvalue weighted by Gasteiger charge is 2.24. The molecule has 0 aromatic carbocycles. The van der Waals surface area contributed by atoms with E-state index in [1.807, 2.05) is 6.20 Å². The topological polar surface area (TPSA) is 57.3 Å². The highest BCUT2D eigenvalue weighted by molar-refractivity contribution is 5.85. The Kier molecular flexibility index (Phi) is 7.46. The number of likely N-dealkylation sites (tertiary alicyclic amines) is 1. The summed E-state index contributed by atoms with van der Waals surface area (Å²) in [6, 6.07) is 4.27. The summed E-state index contributed by atoms with van der Waals surface area (Å²) in [7, 11) is 0. The van der Waals surface area contributed by atoms with Crippen molar-refractivity contribution in [1.82, 2.24) is 20.5 Å². The van der Waals surface area contributed by atoms with Crippen LogP contribution in [0.3, 0.4) is 0 Å². The van der Waals surface area contributed by atoms with Gasteiger partial charge in [0.25, 0.3) is 0 Å². The first kappa shape index (κ1) is 19.2. The quantitative estimate of drug-likeness (QED) is 0.849. The summed E-state index contributed by atoms with van der Waals surface area (Å²) < 4.78 is 0. The molecule has 0 saturated carbocycles. The van der Waals surface area contributed by atoms with Gasteiger partial charge in [-0.3, -0.25) is 14.7 Å². The monoisotopic (exact) mass is 352 g/mol. The lowest BCUT2D eigenvalue weighted by molar-refractivity contribution is -0.123. The first-order valence-corrected chi connectivity index (χ1v) is 8.85. The van der Waals surface area contributed by atoms with Crippen LogP contribution in [0.2, 0.25) is 0 Å². The van der Waals surface area contributed by atoms with Crippen LogP contribution in [-0.4, -0.2) is 48.0 Å². The molecule has 5 nitrogen and oxygen atoms in total. The van der Waals surface area contributed by atoms with Crippen molar-refractivity contribution in [3.05, 3.63) is 29.6 Å². The van der Waals surface area contributed by atoms with Crippen molar-refractivity contribution in [2.24, 2.45) is 5.92 Å². The molecule has 2 fully saturated rings. The number of pyridine rings is 1. The van der Waals surface area contributed by atoms with Gasteiger partial charge >= 0.3 is 0 Å². The minimum Gasteiger partial charge on any atom is -0.354 e. The molecule has 2 atom stereocenters. The molecule has 2 saturated heterocycles. The Labute approximate surface area is 151 Å². The minimum absolute atomic E-state index is 0. The zero-order chi connectivity index (χ0) is 16.1. The molecule has 3 rings (SSSR count). The second-order valence-electron chi connectivity index (χ2n) is 6.96. The Morgan fingerprint density at radius 3 is 2.96 bits per heavy atom. The van der Waals surface area contributed by atoms with Crippen LogP contribution in [0.5, 0.6) is 0 Å². The first-order chi connectivity index (χ1) is 11.2. The Hall–Kier alpha value is -1.17. The van der Waals surface area contributed by atoms with Crippen LogP contribution >= 0.6 is 12.4 Å². The van der Waals surface area contributed by atoms with Crippen molar-refractivity contribution in [1.29, 1.82) is 0 Å². The van der Waals surface area contributed by atoms with Crippen molar-refractivity contribution in [3.8, 4) is 0 Å². The van der Waals surface area contributed by atoms with Gasteiger partial charge < -0.3 is 10.6 Å². The maximum atomic E-state index is 12.1. The van der Waals surface area contributed by atoms with Crippen LogP contribution in [0.1, 0.15) is 36.9 Å². The van der Waals surface area contributed by atoms with Gasteiger partial charge in [0, 0.05) is 25.8 Å². The minimum atomic E-state index is 0. The summed E-state index contributed by atoms with van der Waals surface area (Å²) in [5.41, 5.74) is 2.34. The maximum Gasteiger partial charge on any atom is 0.237 e. The number of carbonyl (C=O) groups is 1. The van der Waals surface area contributed by atoms with Crippen LogP contribution in [0.4, 0.5) is 0 Å². The van der Waals surface area contributed by atoms with E-state index in [0.29, 0.717) is 5.92 Å². The summed E-state index contributed by atoms with van der Waals surface area (Å²) in [5, 5.41) is 6.40. The Balaban J connectivity index is 0.00000208. The van der Waals surface area contributed by atoms with E-state index in [4.69, 9.17) is 0 Å². The third kappa shape index (κ3) is 5.43. The molecule has 2 N–H and O–H groups in total. The molecule has 0 aliphatic carbocycles. The number of carbonyl (C=O) groups excluding carboxylic acids is 1. The second-order valence-corrected chi connectivity index (χ2v) is 6.96. The number of rotatable bonds is 5. The molecule has 2 aliphatic heterocycles. The van der Waals surface area contributed by atoms with Gasteiger partial charge in [0.05, 0.1) is 11.7 Å². The van der Waals surface area contributed by atoms with Crippen LogP contribution < -0.4 is 10.6 Å². The molecule has 0 spiro atoms. The normalized spacial score (nSPS) is 24.4. The summed E-state index contributed by atoms with van der Waals surface area (Å²) >= 11 is 0. The van der Waals surface area contributed by atoms with Gasteiger partial charge in [-0.15, -0.1) is 12.4 Å². The van der Waals surface area contributed by atoms with Crippen molar-refractivity contribution in [2.75, 3.05) is 26.2 Å². The van der Waals surface area contributed by atoms with Crippen molar-refractivity contribution >= 4 is 18.3 Å². The number of amides is 1. The highest BCUT2D eigenvalue weighted by Crippen LogP contribution is 2.18. The molecular weight excluding hydrogens is 324 g/mol. The molecular formula is C18H29ClN4O. The van der Waals surface area contributed by atoms with E-state index >= 15 is 0 Å². The largest absolute Gasteiger partial charge is 0.354 e. The van der Waals surface area contributed by atoms with Gasteiger partial charge in [0.15, 0.2) is 0 Å². The predicted molar refractivity (Wildman–Crippen MR) is 98.3 cm³/mol. The van der Waals surface area contributed by atoms with E-state index in [9.17, 15) is 4.79 Å². The Bertz CT molecular complexity index is 516. The zero-order valence-electron chi connectivity index (χ0n) is 14.5. The number of hydrogen-bond acceptors (Lipinski definition) is 4. The van der Waals surface area contributed by atoms with E-state index in [1.165, 1.54) is 18.4 Å². The Morgan fingerprint density at radius 1 is 1.38 bits per heavy atom. The third-order valence-corrected chi connectivity index (χ3v) is 4.90. The van der Waals surface area contributed by atoms with Gasteiger partial charge in [-0.25, -0.2) is 0 Å². The van der Waals surface area contributed by atoms with Crippen molar-refractivity contribution < 1.29 is 4.79 Å². The lowest BCUT2D eigenvalue weighted by Gasteiger charge is -2.32. The molecule has 6 heteroatoms. The van der Waals surface area contributed by atoms with E-state index < -0.39 is 0 Å². The van der Waals surface area contributed by atoms with Crippen molar-refractivity contribution in [2.45, 2.75) is 45.2 Å². The van der Waals surface area contributed by atoms with Gasteiger partial charge in [-0.1, -0.05) is 6.07 Å². The van der Waals surface area contributed by atoms with Crippen LogP contribution in [-0.2, 0) is 11.3 Å². The SMILES string of the molecule is Cc1ccc(CN2CCCC(CNC(=O)C3CCCN3)C2)nc1.Cl. The fourth-order valence-electron chi connectivity index (χ4n) is 3.56.